The monoisotopic (exact) mass is 399 g/mol. The van der Waals surface area contributed by atoms with Crippen molar-refractivity contribution < 1.29 is 14.0 Å². The molecule has 0 spiro atoms. The molecule has 154 valence electrons. The number of amides is 2. The first-order valence-electron chi connectivity index (χ1n) is 9.83. The first-order chi connectivity index (χ1) is 13.9. The van der Waals surface area contributed by atoms with Gasteiger partial charge in [0.15, 0.2) is 0 Å². The molecule has 0 radical (unpaired) electrons. The van der Waals surface area contributed by atoms with Crippen LogP contribution in [0.3, 0.4) is 0 Å². The zero-order valence-corrected chi connectivity index (χ0v) is 16.6. The average Bonchev–Trinajstić information content (AvgIpc) is 2.73. The van der Waals surface area contributed by atoms with Crippen LogP contribution < -0.4 is 15.5 Å². The van der Waals surface area contributed by atoms with Gasteiger partial charge in [-0.05, 0) is 49.1 Å². The van der Waals surface area contributed by atoms with Gasteiger partial charge in [0.2, 0.25) is 11.9 Å². The van der Waals surface area contributed by atoms with Gasteiger partial charge in [0.1, 0.15) is 11.9 Å². The van der Waals surface area contributed by atoms with E-state index in [0.717, 1.165) is 19.4 Å². The van der Waals surface area contributed by atoms with Crippen LogP contribution >= 0.6 is 0 Å². The van der Waals surface area contributed by atoms with Gasteiger partial charge >= 0.3 is 0 Å². The number of piperidine rings is 1. The van der Waals surface area contributed by atoms with E-state index in [9.17, 15) is 14.0 Å². The van der Waals surface area contributed by atoms with Crippen molar-refractivity contribution in [3.8, 4) is 0 Å². The van der Waals surface area contributed by atoms with Gasteiger partial charge in [-0.1, -0.05) is 13.8 Å². The first-order valence-corrected chi connectivity index (χ1v) is 9.83. The Hall–Kier alpha value is -3.03. The minimum Gasteiger partial charge on any atom is -0.350 e. The summed E-state index contributed by atoms with van der Waals surface area (Å²) in [5.41, 5.74) is 0.315. The number of carbonyl (C=O) groups excluding carboxylic acids is 2. The van der Waals surface area contributed by atoms with Gasteiger partial charge < -0.3 is 15.5 Å². The Kier molecular flexibility index (Phi) is 6.74. The Morgan fingerprint density at radius 1 is 1.17 bits per heavy atom. The van der Waals surface area contributed by atoms with Crippen LogP contribution in [-0.2, 0) is 4.79 Å². The van der Waals surface area contributed by atoms with Crippen LogP contribution in [-0.4, -0.2) is 47.0 Å². The van der Waals surface area contributed by atoms with E-state index in [-0.39, 0.29) is 17.9 Å². The summed E-state index contributed by atoms with van der Waals surface area (Å²) in [5, 5.41) is 5.83. The number of hydrogen-bond donors (Lipinski definition) is 2. The summed E-state index contributed by atoms with van der Waals surface area (Å²) in [7, 11) is 0. The lowest BCUT2D eigenvalue weighted by atomic mass is 10.0. The molecule has 0 bridgehead atoms. The minimum absolute atomic E-state index is 0.0518. The fourth-order valence-corrected chi connectivity index (χ4v) is 3.38. The molecule has 2 heterocycles. The quantitative estimate of drug-likeness (QED) is 0.777. The van der Waals surface area contributed by atoms with E-state index in [1.165, 1.54) is 24.3 Å². The maximum Gasteiger partial charge on any atom is 0.251 e. The third-order valence-electron chi connectivity index (χ3n) is 4.94. The number of nitrogens with one attached hydrogen (secondary N) is 2. The number of anilines is 1. The van der Waals surface area contributed by atoms with E-state index in [1.807, 2.05) is 13.8 Å². The van der Waals surface area contributed by atoms with Crippen molar-refractivity contribution >= 4 is 17.8 Å². The highest BCUT2D eigenvalue weighted by molar-refractivity contribution is 5.97. The zero-order valence-electron chi connectivity index (χ0n) is 16.6. The molecule has 1 aromatic carbocycles. The molecule has 29 heavy (non-hydrogen) atoms. The Bertz CT molecular complexity index is 829. The SMILES string of the molecule is CC(C)C(NC(=O)c1ccc(F)cc1)C(=O)NC1CCCN(c2ncccn2)C1. The predicted molar refractivity (Wildman–Crippen MR) is 108 cm³/mol. The standard InChI is InChI=1S/C21H26FN5O2/c1-14(2)18(26-19(28)15-6-8-16(22)9-7-15)20(29)25-17-5-3-12-27(13-17)21-23-10-4-11-24-21/h4,6-11,14,17-18H,3,5,12-13H2,1-2H3,(H,25,29)(H,26,28). The summed E-state index contributed by atoms with van der Waals surface area (Å²) >= 11 is 0. The molecule has 0 saturated carbocycles. The van der Waals surface area contributed by atoms with Gasteiger partial charge in [-0.2, -0.15) is 0 Å². The van der Waals surface area contributed by atoms with Crippen molar-refractivity contribution in [1.29, 1.82) is 0 Å². The third kappa shape index (κ3) is 5.49. The van der Waals surface area contributed by atoms with Crippen molar-refractivity contribution in [2.24, 2.45) is 5.92 Å². The number of benzene rings is 1. The molecule has 3 rings (SSSR count). The van der Waals surface area contributed by atoms with E-state index in [1.54, 1.807) is 18.5 Å². The fourth-order valence-electron chi connectivity index (χ4n) is 3.38. The lowest BCUT2D eigenvalue weighted by molar-refractivity contribution is -0.124. The second-order valence-corrected chi connectivity index (χ2v) is 7.54. The van der Waals surface area contributed by atoms with Gasteiger partial charge in [-0.3, -0.25) is 9.59 Å². The van der Waals surface area contributed by atoms with Gasteiger partial charge in [0.25, 0.3) is 5.91 Å². The second-order valence-electron chi connectivity index (χ2n) is 7.54. The minimum atomic E-state index is -0.684. The van der Waals surface area contributed by atoms with Crippen molar-refractivity contribution in [3.63, 3.8) is 0 Å². The number of nitrogens with zero attached hydrogens (tertiary/aromatic N) is 3. The summed E-state index contributed by atoms with van der Waals surface area (Å²) in [4.78, 5) is 36.0. The topological polar surface area (TPSA) is 87.2 Å². The molecule has 2 amide bonds. The molecule has 1 saturated heterocycles. The van der Waals surface area contributed by atoms with Crippen LogP contribution in [0.5, 0.6) is 0 Å². The number of carbonyl (C=O) groups is 2. The van der Waals surface area contributed by atoms with E-state index < -0.39 is 17.8 Å². The molecular formula is C21H26FN5O2. The Morgan fingerprint density at radius 3 is 2.52 bits per heavy atom. The lowest BCUT2D eigenvalue weighted by Gasteiger charge is -2.34. The van der Waals surface area contributed by atoms with E-state index >= 15 is 0 Å². The van der Waals surface area contributed by atoms with Crippen molar-refractivity contribution in [2.75, 3.05) is 18.0 Å². The number of hydrogen-bond acceptors (Lipinski definition) is 5. The van der Waals surface area contributed by atoms with Gasteiger partial charge in [-0.15, -0.1) is 0 Å². The number of aromatic nitrogens is 2. The largest absolute Gasteiger partial charge is 0.350 e. The molecule has 8 heteroatoms. The normalized spacial score (nSPS) is 17.7. The maximum atomic E-state index is 13.1. The van der Waals surface area contributed by atoms with Crippen LogP contribution in [0.15, 0.2) is 42.7 Å². The van der Waals surface area contributed by atoms with Gasteiger partial charge in [0, 0.05) is 37.1 Å². The zero-order chi connectivity index (χ0) is 20.8. The molecule has 2 atom stereocenters. The Morgan fingerprint density at radius 2 is 1.86 bits per heavy atom. The molecule has 2 N–H and O–H groups in total. The third-order valence-corrected chi connectivity index (χ3v) is 4.94. The second kappa shape index (κ2) is 9.45. The molecule has 2 aromatic rings. The van der Waals surface area contributed by atoms with Crippen LogP contribution in [0.4, 0.5) is 10.3 Å². The van der Waals surface area contributed by atoms with Crippen LogP contribution in [0, 0.1) is 11.7 Å². The highest BCUT2D eigenvalue weighted by atomic mass is 19.1. The fraction of sp³-hybridized carbons (Fsp3) is 0.429. The molecule has 7 nitrogen and oxygen atoms in total. The molecule has 2 unspecified atom stereocenters. The summed E-state index contributed by atoms with van der Waals surface area (Å²) in [6, 6.07) is 6.28. The molecule has 0 aliphatic carbocycles. The van der Waals surface area contributed by atoms with Crippen molar-refractivity contribution in [3.05, 3.63) is 54.1 Å². The first kappa shape index (κ1) is 20.7. The van der Waals surface area contributed by atoms with Gasteiger partial charge in [-0.25, -0.2) is 14.4 Å². The van der Waals surface area contributed by atoms with Crippen molar-refractivity contribution in [2.45, 2.75) is 38.8 Å². The van der Waals surface area contributed by atoms with Crippen LogP contribution in [0.25, 0.3) is 0 Å². The van der Waals surface area contributed by atoms with Crippen LogP contribution in [0.1, 0.15) is 37.0 Å². The Labute approximate surface area is 169 Å². The maximum absolute atomic E-state index is 13.1. The molecule has 1 aromatic heterocycles. The smallest absolute Gasteiger partial charge is 0.251 e. The average molecular weight is 399 g/mol. The Balaban J connectivity index is 1.61. The van der Waals surface area contributed by atoms with Crippen molar-refractivity contribution in [1.82, 2.24) is 20.6 Å². The highest BCUT2D eigenvalue weighted by Gasteiger charge is 2.29. The lowest BCUT2D eigenvalue weighted by Crippen LogP contribution is -2.55. The predicted octanol–water partition coefficient (Wildman–Crippen LogP) is 2.16. The summed E-state index contributed by atoms with van der Waals surface area (Å²) in [6.07, 6.45) is 5.16. The van der Waals surface area contributed by atoms with E-state index in [4.69, 9.17) is 0 Å². The number of rotatable bonds is 6. The van der Waals surface area contributed by atoms with Crippen LogP contribution in [0.2, 0.25) is 0 Å². The highest BCUT2D eigenvalue weighted by Crippen LogP contribution is 2.16. The number of halogens is 1. The summed E-state index contributed by atoms with van der Waals surface area (Å²) in [6.45, 7) is 5.21. The molecule has 1 aliphatic heterocycles. The summed E-state index contributed by atoms with van der Waals surface area (Å²) < 4.78 is 13.1. The summed E-state index contributed by atoms with van der Waals surface area (Å²) in [5.74, 6) is -0.491. The van der Waals surface area contributed by atoms with Gasteiger partial charge in [0.05, 0.1) is 0 Å². The van der Waals surface area contributed by atoms with E-state index in [0.29, 0.717) is 18.1 Å². The molecule has 1 aliphatic rings. The molecule has 1 fully saturated rings. The van der Waals surface area contributed by atoms with E-state index in [2.05, 4.69) is 25.5 Å². The molecular weight excluding hydrogens is 373 g/mol.